The van der Waals surface area contributed by atoms with Crippen LogP contribution in [0.2, 0.25) is 0 Å². The number of aryl methyl sites for hydroxylation is 1. The second-order valence-electron chi connectivity index (χ2n) is 4.32. The molecule has 0 bridgehead atoms. The Balaban J connectivity index is 2.21. The van der Waals surface area contributed by atoms with Crippen LogP contribution in [0.25, 0.3) is 0 Å². The van der Waals surface area contributed by atoms with E-state index < -0.39 is 0 Å². The Labute approximate surface area is 121 Å². The van der Waals surface area contributed by atoms with Crippen molar-refractivity contribution < 1.29 is 4.74 Å². The van der Waals surface area contributed by atoms with Gasteiger partial charge in [-0.15, -0.1) is 10.2 Å². The van der Waals surface area contributed by atoms with E-state index in [-0.39, 0.29) is 5.84 Å². The van der Waals surface area contributed by atoms with E-state index in [4.69, 9.17) is 15.9 Å². The van der Waals surface area contributed by atoms with Crippen molar-refractivity contribution in [3.63, 3.8) is 0 Å². The van der Waals surface area contributed by atoms with Crippen molar-refractivity contribution in [1.29, 1.82) is 5.41 Å². The summed E-state index contributed by atoms with van der Waals surface area (Å²) in [4.78, 5) is 0. The van der Waals surface area contributed by atoms with E-state index in [0.29, 0.717) is 11.3 Å². The monoisotopic (exact) mass is 291 g/mol. The van der Waals surface area contributed by atoms with Gasteiger partial charge in [-0.3, -0.25) is 5.41 Å². The van der Waals surface area contributed by atoms with Gasteiger partial charge in [-0.25, -0.2) is 0 Å². The van der Waals surface area contributed by atoms with Crippen molar-refractivity contribution in [1.82, 2.24) is 14.8 Å². The summed E-state index contributed by atoms with van der Waals surface area (Å²) in [5.41, 5.74) is 7.19. The number of rotatable bonds is 5. The summed E-state index contributed by atoms with van der Waals surface area (Å²) in [6, 6.07) is 5.48. The van der Waals surface area contributed by atoms with Gasteiger partial charge in [0.25, 0.3) is 0 Å². The maximum absolute atomic E-state index is 7.50. The summed E-state index contributed by atoms with van der Waals surface area (Å²) in [5.74, 6) is 2.38. The van der Waals surface area contributed by atoms with Crippen LogP contribution < -0.4 is 10.5 Å². The van der Waals surface area contributed by atoms with Gasteiger partial charge in [0.2, 0.25) is 0 Å². The van der Waals surface area contributed by atoms with Gasteiger partial charge in [0.15, 0.2) is 5.16 Å². The number of thioether (sulfide) groups is 1. The number of hydrogen-bond donors (Lipinski definition) is 2. The van der Waals surface area contributed by atoms with E-state index in [2.05, 4.69) is 10.2 Å². The highest BCUT2D eigenvalue weighted by molar-refractivity contribution is 7.98. The largest absolute Gasteiger partial charge is 0.496 e. The van der Waals surface area contributed by atoms with Crippen LogP contribution in [-0.2, 0) is 12.8 Å². The normalized spacial score (nSPS) is 10.6. The Morgan fingerprint density at radius 2 is 2.20 bits per heavy atom. The predicted molar refractivity (Wildman–Crippen MR) is 79.3 cm³/mol. The maximum Gasteiger partial charge on any atom is 0.191 e. The smallest absolute Gasteiger partial charge is 0.191 e. The Morgan fingerprint density at radius 3 is 2.75 bits per heavy atom. The summed E-state index contributed by atoms with van der Waals surface area (Å²) in [6.07, 6.45) is 0. The van der Waals surface area contributed by atoms with E-state index in [1.54, 1.807) is 24.9 Å². The van der Waals surface area contributed by atoms with Crippen molar-refractivity contribution in [2.75, 3.05) is 7.11 Å². The fourth-order valence-corrected chi connectivity index (χ4v) is 2.65. The number of aromatic nitrogens is 3. The molecule has 20 heavy (non-hydrogen) atoms. The molecule has 0 radical (unpaired) electrons. The van der Waals surface area contributed by atoms with Crippen LogP contribution in [0.1, 0.15) is 17.0 Å². The second kappa shape index (κ2) is 5.96. The molecule has 0 fully saturated rings. The van der Waals surface area contributed by atoms with Crippen molar-refractivity contribution in [3.8, 4) is 5.75 Å². The van der Waals surface area contributed by atoms with Crippen molar-refractivity contribution in [2.24, 2.45) is 12.8 Å². The number of amidine groups is 1. The minimum atomic E-state index is 0.0494. The average Bonchev–Trinajstić information content (AvgIpc) is 2.76. The predicted octanol–water partition coefficient (Wildman–Crippen LogP) is 1.71. The molecule has 106 valence electrons. The number of hydrogen-bond acceptors (Lipinski definition) is 5. The quantitative estimate of drug-likeness (QED) is 0.497. The van der Waals surface area contributed by atoms with E-state index in [1.165, 1.54) is 0 Å². The van der Waals surface area contributed by atoms with Gasteiger partial charge < -0.3 is 15.0 Å². The summed E-state index contributed by atoms with van der Waals surface area (Å²) in [7, 11) is 3.56. The summed E-state index contributed by atoms with van der Waals surface area (Å²) in [6.45, 7) is 1.91. The number of benzene rings is 1. The molecule has 0 atom stereocenters. The van der Waals surface area contributed by atoms with Gasteiger partial charge in [-0.2, -0.15) is 0 Å². The first-order chi connectivity index (χ1) is 9.52. The molecule has 7 heteroatoms. The zero-order valence-corrected chi connectivity index (χ0v) is 12.5. The Morgan fingerprint density at radius 1 is 1.45 bits per heavy atom. The minimum Gasteiger partial charge on any atom is -0.496 e. The number of nitrogens with two attached hydrogens (primary N) is 1. The third-order valence-electron chi connectivity index (χ3n) is 3.00. The lowest BCUT2D eigenvalue weighted by Crippen LogP contribution is -2.11. The highest BCUT2D eigenvalue weighted by Crippen LogP contribution is 2.27. The number of ether oxygens (including phenoxy) is 1. The van der Waals surface area contributed by atoms with Crippen molar-refractivity contribution in [3.05, 3.63) is 35.2 Å². The standard InChI is InChI=1S/C13H17N5OS/c1-8-16-17-13(18(8)2)20-7-10-6-9(12(14)15)4-5-11(10)19-3/h4-6H,7H2,1-3H3,(H3,14,15). The van der Waals surface area contributed by atoms with Crippen LogP contribution in [0.3, 0.4) is 0 Å². The molecule has 2 aromatic rings. The molecule has 0 aliphatic rings. The molecule has 3 N–H and O–H groups in total. The third kappa shape index (κ3) is 2.93. The average molecular weight is 291 g/mol. The summed E-state index contributed by atoms with van der Waals surface area (Å²) < 4.78 is 7.27. The second-order valence-corrected chi connectivity index (χ2v) is 5.26. The molecular formula is C13H17N5OS. The first-order valence-electron chi connectivity index (χ1n) is 6.03. The van der Waals surface area contributed by atoms with Gasteiger partial charge in [0, 0.05) is 23.9 Å². The molecule has 0 aliphatic carbocycles. The minimum absolute atomic E-state index is 0.0494. The fourth-order valence-electron chi connectivity index (χ4n) is 1.71. The highest BCUT2D eigenvalue weighted by atomic mass is 32.2. The van der Waals surface area contributed by atoms with Crippen LogP contribution in [0, 0.1) is 12.3 Å². The van der Waals surface area contributed by atoms with E-state index in [9.17, 15) is 0 Å². The van der Waals surface area contributed by atoms with Crippen molar-refractivity contribution in [2.45, 2.75) is 17.8 Å². The first kappa shape index (κ1) is 14.4. The summed E-state index contributed by atoms with van der Waals surface area (Å²) in [5, 5.41) is 16.5. The topological polar surface area (TPSA) is 89.8 Å². The van der Waals surface area contributed by atoms with Crippen LogP contribution >= 0.6 is 11.8 Å². The Hall–Kier alpha value is -2.02. The SMILES string of the molecule is COc1ccc(C(=N)N)cc1CSc1nnc(C)n1C. The molecule has 0 aliphatic heterocycles. The molecule has 1 aromatic carbocycles. The van der Waals surface area contributed by atoms with Gasteiger partial charge in [-0.1, -0.05) is 11.8 Å². The van der Waals surface area contributed by atoms with Gasteiger partial charge in [0.1, 0.15) is 17.4 Å². The molecule has 1 heterocycles. The fraction of sp³-hybridized carbons (Fsp3) is 0.308. The molecule has 0 unspecified atom stereocenters. The lowest BCUT2D eigenvalue weighted by molar-refractivity contribution is 0.411. The van der Waals surface area contributed by atoms with Crippen molar-refractivity contribution >= 4 is 17.6 Å². The lowest BCUT2D eigenvalue weighted by atomic mass is 10.1. The molecule has 0 amide bonds. The number of nitrogens with zero attached hydrogens (tertiary/aromatic N) is 3. The van der Waals surface area contributed by atoms with E-state index in [0.717, 1.165) is 22.3 Å². The van der Waals surface area contributed by atoms with Crippen LogP contribution in [0.5, 0.6) is 5.75 Å². The van der Waals surface area contributed by atoms with Crippen LogP contribution in [0.4, 0.5) is 0 Å². The zero-order valence-electron chi connectivity index (χ0n) is 11.7. The van der Waals surface area contributed by atoms with Crippen LogP contribution in [-0.4, -0.2) is 27.7 Å². The van der Waals surface area contributed by atoms with E-state index >= 15 is 0 Å². The summed E-state index contributed by atoms with van der Waals surface area (Å²) >= 11 is 1.57. The van der Waals surface area contributed by atoms with Crippen LogP contribution in [0.15, 0.2) is 23.4 Å². The number of nitrogens with one attached hydrogen (secondary N) is 1. The number of methoxy groups -OCH3 is 1. The Bertz CT molecular complexity index is 638. The molecule has 0 saturated carbocycles. The van der Waals surface area contributed by atoms with Gasteiger partial charge in [-0.05, 0) is 25.1 Å². The first-order valence-corrected chi connectivity index (χ1v) is 7.01. The highest BCUT2D eigenvalue weighted by Gasteiger charge is 2.10. The molecule has 0 spiro atoms. The maximum atomic E-state index is 7.50. The molecule has 2 rings (SSSR count). The van der Waals surface area contributed by atoms with E-state index in [1.807, 2.05) is 30.7 Å². The zero-order chi connectivity index (χ0) is 14.7. The molecular weight excluding hydrogens is 274 g/mol. The molecule has 1 aromatic heterocycles. The molecule has 0 saturated heterocycles. The number of nitrogen functional groups attached to an aromatic ring is 1. The third-order valence-corrected chi connectivity index (χ3v) is 4.07. The van der Waals surface area contributed by atoms with Gasteiger partial charge in [0.05, 0.1) is 7.11 Å². The lowest BCUT2D eigenvalue weighted by Gasteiger charge is -2.10. The Kier molecular flexibility index (Phi) is 4.29. The van der Waals surface area contributed by atoms with Gasteiger partial charge >= 0.3 is 0 Å². The molecule has 6 nitrogen and oxygen atoms in total.